The molecule has 0 spiro atoms. The minimum atomic E-state index is -0.225. The average molecular weight is 362 g/mol. The standard InChI is InChI=1S/C17H10N6S2/c1-18-16-13(9-4-2-5-11-14(9)23-25-22-11)10-8-19-21-17(10)20-15(16)12-6-3-7-24-12/h2-8,13H,(H2,19,20,21). The van der Waals surface area contributed by atoms with Gasteiger partial charge >= 0.3 is 0 Å². The molecule has 4 heterocycles. The third kappa shape index (κ3) is 2.10. The Bertz CT molecular complexity index is 1150. The number of H-pyrrole nitrogens is 1. The molecule has 120 valence electrons. The summed E-state index contributed by atoms with van der Waals surface area (Å²) in [6, 6.07) is 9.93. The van der Waals surface area contributed by atoms with Crippen LogP contribution in [0.15, 0.2) is 47.6 Å². The number of aromatic amines is 1. The van der Waals surface area contributed by atoms with Crippen LogP contribution >= 0.6 is 23.1 Å². The van der Waals surface area contributed by atoms with Crippen LogP contribution in [0.25, 0.3) is 21.6 Å². The van der Waals surface area contributed by atoms with Gasteiger partial charge in [-0.2, -0.15) is 13.8 Å². The Labute approximate surface area is 151 Å². The number of rotatable bonds is 2. The fourth-order valence-electron chi connectivity index (χ4n) is 3.20. The van der Waals surface area contributed by atoms with Gasteiger partial charge in [-0.3, -0.25) is 5.10 Å². The summed E-state index contributed by atoms with van der Waals surface area (Å²) in [5, 5.41) is 12.5. The summed E-state index contributed by atoms with van der Waals surface area (Å²) in [4.78, 5) is 4.93. The van der Waals surface area contributed by atoms with Gasteiger partial charge in [0.05, 0.1) is 36.1 Å². The van der Waals surface area contributed by atoms with Gasteiger partial charge in [0.2, 0.25) is 5.70 Å². The van der Waals surface area contributed by atoms with E-state index in [1.165, 1.54) is 11.7 Å². The number of benzene rings is 1. The van der Waals surface area contributed by atoms with Gasteiger partial charge in [0.15, 0.2) is 0 Å². The Morgan fingerprint density at radius 3 is 2.92 bits per heavy atom. The second-order valence-corrected chi connectivity index (χ2v) is 7.06. The van der Waals surface area contributed by atoms with E-state index >= 15 is 0 Å². The molecule has 1 atom stereocenters. The van der Waals surface area contributed by atoms with E-state index < -0.39 is 0 Å². The van der Waals surface area contributed by atoms with Crippen LogP contribution in [0.4, 0.5) is 5.82 Å². The molecule has 3 aromatic heterocycles. The van der Waals surface area contributed by atoms with Gasteiger partial charge in [-0.15, -0.1) is 11.3 Å². The van der Waals surface area contributed by atoms with Crippen molar-refractivity contribution in [1.82, 2.24) is 18.9 Å². The van der Waals surface area contributed by atoms with Crippen molar-refractivity contribution in [2.24, 2.45) is 0 Å². The van der Waals surface area contributed by atoms with Crippen molar-refractivity contribution >= 4 is 45.6 Å². The summed E-state index contributed by atoms with van der Waals surface area (Å²) in [6.07, 6.45) is 1.78. The second-order valence-electron chi connectivity index (χ2n) is 5.59. The number of aromatic nitrogens is 4. The maximum absolute atomic E-state index is 7.84. The van der Waals surface area contributed by atoms with E-state index in [9.17, 15) is 0 Å². The summed E-state index contributed by atoms with van der Waals surface area (Å²) in [5.41, 5.74) is 5.11. The van der Waals surface area contributed by atoms with Gasteiger partial charge in [0, 0.05) is 10.4 Å². The Kier molecular flexibility index (Phi) is 3.16. The number of nitrogens with one attached hydrogen (secondary N) is 2. The molecule has 4 aromatic rings. The summed E-state index contributed by atoms with van der Waals surface area (Å²) < 4.78 is 8.80. The quantitative estimate of drug-likeness (QED) is 0.521. The van der Waals surface area contributed by atoms with Gasteiger partial charge in [-0.05, 0) is 23.1 Å². The highest BCUT2D eigenvalue weighted by Gasteiger charge is 2.34. The number of nitrogens with zero attached hydrogens (tertiary/aromatic N) is 4. The van der Waals surface area contributed by atoms with E-state index in [1.54, 1.807) is 17.5 Å². The van der Waals surface area contributed by atoms with Crippen molar-refractivity contribution in [3.05, 3.63) is 75.0 Å². The Hall–Kier alpha value is -3.02. The highest BCUT2D eigenvalue weighted by Crippen LogP contribution is 2.46. The third-order valence-electron chi connectivity index (χ3n) is 4.28. The molecular weight excluding hydrogens is 352 g/mol. The third-order valence-corrected chi connectivity index (χ3v) is 5.71. The summed E-state index contributed by atoms with van der Waals surface area (Å²) >= 11 is 2.80. The first kappa shape index (κ1) is 14.3. The molecule has 5 rings (SSSR count). The summed E-state index contributed by atoms with van der Waals surface area (Å²) in [6.45, 7) is 7.84. The number of anilines is 1. The zero-order chi connectivity index (χ0) is 16.8. The normalized spacial score (nSPS) is 16.5. The number of allylic oxidation sites excluding steroid dienone is 1. The molecular formula is C17H10N6S2. The van der Waals surface area contributed by atoms with Crippen molar-refractivity contribution < 1.29 is 0 Å². The van der Waals surface area contributed by atoms with E-state index in [0.717, 1.165) is 38.6 Å². The van der Waals surface area contributed by atoms with Crippen LogP contribution in [-0.4, -0.2) is 18.9 Å². The van der Waals surface area contributed by atoms with E-state index in [4.69, 9.17) is 6.57 Å². The van der Waals surface area contributed by atoms with Crippen LogP contribution in [0.1, 0.15) is 21.9 Å². The summed E-state index contributed by atoms with van der Waals surface area (Å²) in [5.74, 6) is 0.596. The molecule has 0 radical (unpaired) electrons. The molecule has 8 heteroatoms. The lowest BCUT2D eigenvalue weighted by Gasteiger charge is -2.25. The Morgan fingerprint density at radius 1 is 1.12 bits per heavy atom. The van der Waals surface area contributed by atoms with Crippen molar-refractivity contribution in [2.75, 3.05) is 5.32 Å². The molecule has 1 unspecified atom stereocenters. The van der Waals surface area contributed by atoms with E-state index in [0.29, 0.717) is 5.70 Å². The lowest BCUT2D eigenvalue weighted by atomic mass is 9.86. The smallest absolute Gasteiger partial charge is 0.201 e. The van der Waals surface area contributed by atoms with Gasteiger partial charge in [-0.1, -0.05) is 18.2 Å². The van der Waals surface area contributed by atoms with Gasteiger partial charge in [0.25, 0.3) is 0 Å². The number of hydrogen-bond donors (Lipinski definition) is 2. The van der Waals surface area contributed by atoms with Crippen molar-refractivity contribution in [3.8, 4) is 0 Å². The Balaban J connectivity index is 1.82. The molecule has 1 aliphatic rings. The van der Waals surface area contributed by atoms with Gasteiger partial charge < -0.3 is 5.32 Å². The topological polar surface area (TPSA) is 70.8 Å². The minimum Gasteiger partial charge on any atom is -0.349 e. The molecule has 25 heavy (non-hydrogen) atoms. The first-order chi connectivity index (χ1) is 12.4. The molecule has 0 fully saturated rings. The highest BCUT2D eigenvalue weighted by molar-refractivity contribution is 7.11. The van der Waals surface area contributed by atoms with Crippen molar-refractivity contribution in [1.29, 1.82) is 0 Å². The number of thiophene rings is 1. The van der Waals surface area contributed by atoms with Crippen LogP contribution in [-0.2, 0) is 0 Å². The zero-order valence-corrected chi connectivity index (χ0v) is 14.4. The molecule has 2 N–H and O–H groups in total. The Morgan fingerprint density at radius 2 is 2.08 bits per heavy atom. The zero-order valence-electron chi connectivity index (χ0n) is 12.7. The molecule has 0 saturated carbocycles. The SMILES string of the molecule is [C-]#[N+]C1=C(c2cccs2)Nc2[nH]ncc2C1c1cccc2nsnc12. The fourth-order valence-corrected chi connectivity index (χ4v) is 4.49. The molecule has 0 aliphatic carbocycles. The molecule has 0 bridgehead atoms. The van der Waals surface area contributed by atoms with Gasteiger partial charge in [-0.25, -0.2) is 4.85 Å². The molecule has 6 nitrogen and oxygen atoms in total. The highest BCUT2D eigenvalue weighted by atomic mass is 32.1. The monoisotopic (exact) mass is 362 g/mol. The van der Waals surface area contributed by atoms with E-state index in [-0.39, 0.29) is 5.92 Å². The van der Waals surface area contributed by atoms with Gasteiger partial charge in [0.1, 0.15) is 16.9 Å². The molecule has 0 saturated heterocycles. The van der Waals surface area contributed by atoms with Crippen LogP contribution < -0.4 is 5.32 Å². The number of hydrogen-bond acceptors (Lipinski definition) is 6. The van der Waals surface area contributed by atoms with Crippen LogP contribution in [0.2, 0.25) is 0 Å². The maximum Gasteiger partial charge on any atom is 0.201 e. The molecule has 0 amide bonds. The molecule has 1 aromatic carbocycles. The van der Waals surface area contributed by atoms with Crippen molar-refractivity contribution in [3.63, 3.8) is 0 Å². The van der Waals surface area contributed by atoms with E-state index in [1.807, 2.05) is 35.7 Å². The predicted octanol–water partition coefficient (Wildman–Crippen LogP) is 4.32. The van der Waals surface area contributed by atoms with Crippen LogP contribution in [0.3, 0.4) is 0 Å². The maximum atomic E-state index is 7.84. The molecule has 1 aliphatic heterocycles. The first-order valence-corrected chi connectivity index (χ1v) is 9.15. The lowest BCUT2D eigenvalue weighted by molar-refractivity contribution is 0.975. The van der Waals surface area contributed by atoms with Crippen LogP contribution in [0, 0.1) is 6.57 Å². The first-order valence-electron chi connectivity index (χ1n) is 7.54. The largest absolute Gasteiger partial charge is 0.349 e. The van der Waals surface area contributed by atoms with E-state index in [2.05, 4.69) is 29.1 Å². The second kappa shape index (κ2) is 5.51. The minimum absolute atomic E-state index is 0.225. The lowest BCUT2D eigenvalue weighted by Crippen LogP contribution is -2.16. The number of fused-ring (bicyclic) bond motifs is 2. The van der Waals surface area contributed by atoms with Crippen molar-refractivity contribution in [2.45, 2.75) is 5.92 Å². The fraction of sp³-hybridized carbons (Fsp3) is 0.0588. The summed E-state index contributed by atoms with van der Waals surface area (Å²) in [7, 11) is 0. The predicted molar refractivity (Wildman–Crippen MR) is 99.3 cm³/mol. The average Bonchev–Trinajstić information content (AvgIpc) is 3.40. The van der Waals surface area contributed by atoms with Crippen LogP contribution in [0.5, 0.6) is 0 Å².